The number of ether oxygens (including phenoxy) is 2. The highest BCUT2D eigenvalue weighted by Crippen LogP contribution is 2.09. The molecule has 1 unspecified atom stereocenters. The van der Waals surface area contributed by atoms with Gasteiger partial charge in [-0.3, -0.25) is 9.59 Å². The van der Waals surface area contributed by atoms with Crippen LogP contribution in [0.4, 0.5) is 0 Å². The van der Waals surface area contributed by atoms with Crippen molar-refractivity contribution in [3.05, 3.63) is 10.1 Å². The predicted octanol–water partition coefficient (Wildman–Crippen LogP) is 0.189. The van der Waals surface area contributed by atoms with Crippen LogP contribution in [0.1, 0.15) is 32.1 Å². The molecule has 9 nitrogen and oxygen atoms in total. The Hall–Kier alpha value is -1.90. The molecule has 0 radical (unpaired) electrons. The summed E-state index contributed by atoms with van der Waals surface area (Å²) >= 11 is 0. The largest absolute Gasteiger partial charge is 0.466 e. The minimum atomic E-state index is -0.910. The molecule has 0 fully saturated rings. The molecule has 0 spiro atoms. The normalized spacial score (nSPS) is 11.4. The van der Waals surface area contributed by atoms with E-state index in [4.69, 9.17) is 15.2 Å². The smallest absolute Gasteiger partial charge is 0.309 e. The van der Waals surface area contributed by atoms with Crippen LogP contribution < -0.4 is 5.73 Å². The summed E-state index contributed by atoms with van der Waals surface area (Å²) in [6.07, 6.45) is 1.72. The number of nitrogens with two attached hydrogens (primary N) is 1. The summed E-state index contributed by atoms with van der Waals surface area (Å²) in [5.74, 6) is -0.522. The fourth-order valence-corrected chi connectivity index (χ4v) is 1.44. The zero-order valence-electron chi connectivity index (χ0n) is 11.2. The summed E-state index contributed by atoms with van der Waals surface area (Å²) < 4.78 is 9.63. The Balaban J connectivity index is 3.76. The second kappa shape index (κ2) is 12.2. The van der Waals surface area contributed by atoms with E-state index in [0.717, 1.165) is 12.8 Å². The van der Waals surface area contributed by atoms with Crippen LogP contribution in [0.25, 0.3) is 0 Å². The number of carbonyl (C=O) groups is 2. The van der Waals surface area contributed by atoms with E-state index in [1.165, 1.54) is 0 Å². The average molecular weight is 292 g/mol. The van der Waals surface area contributed by atoms with Gasteiger partial charge in [0.1, 0.15) is 6.10 Å². The van der Waals surface area contributed by atoms with Gasteiger partial charge in [-0.15, -0.1) is 10.1 Å². The van der Waals surface area contributed by atoms with Crippen molar-refractivity contribution in [1.29, 1.82) is 0 Å². The Bertz CT molecular complexity index is 298. The maximum Gasteiger partial charge on any atom is 0.309 e. The SMILES string of the molecule is NCCCCC(CC(=O)OCCCO[N+](=O)[O-])OC=O. The van der Waals surface area contributed by atoms with Crippen molar-refractivity contribution < 1.29 is 29.0 Å². The predicted molar refractivity (Wildman–Crippen MR) is 67.0 cm³/mol. The molecule has 0 aliphatic carbocycles. The number of rotatable bonds is 13. The first-order valence-electron chi connectivity index (χ1n) is 6.32. The lowest BCUT2D eigenvalue weighted by molar-refractivity contribution is -0.757. The number of hydrogen-bond donors (Lipinski definition) is 1. The van der Waals surface area contributed by atoms with Crippen molar-refractivity contribution in [2.24, 2.45) is 5.73 Å². The van der Waals surface area contributed by atoms with E-state index in [0.29, 0.717) is 19.4 Å². The Morgan fingerprint density at radius 2 is 2.05 bits per heavy atom. The Labute approximate surface area is 116 Å². The molecule has 0 rings (SSSR count). The third kappa shape index (κ3) is 11.2. The molecular formula is C11H20N2O7. The molecule has 0 aliphatic heterocycles. The second-order valence-corrected chi connectivity index (χ2v) is 3.97. The molecule has 0 aromatic carbocycles. The van der Waals surface area contributed by atoms with Crippen LogP contribution in [0, 0.1) is 10.1 Å². The van der Waals surface area contributed by atoms with Gasteiger partial charge >= 0.3 is 5.97 Å². The Kier molecular flexibility index (Phi) is 11.0. The summed E-state index contributed by atoms with van der Waals surface area (Å²) in [5, 5.41) is 8.95. The van der Waals surface area contributed by atoms with Gasteiger partial charge in [-0.25, -0.2) is 0 Å². The van der Waals surface area contributed by atoms with Gasteiger partial charge in [0.25, 0.3) is 11.6 Å². The minimum absolute atomic E-state index is 0.0171. The van der Waals surface area contributed by atoms with E-state index in [2.05, 4.69) is 4.84 Å². The number of nitrogens with zero attached hydrogens (tertiary/aromatic N) is 1. The summed E-state index contributed by atoms with van der Waals surface area (Å²) in [6, 6.07) is 0. The summed E-state index contributed by atoms with van der Waals surface area (Å²) in [4.78, 5) is 35.7. The van der Waals surface area contributed by atoms with Gasteiger partial charge in [0, 0.05) is 6.42 Å². The van der Waals surface area contributed by atoms with Crippen LogP contribution in [0.3, 0.4) is 0 Å². The fourth-order valence-electron chi connectivity index (χ4n) is 1.44. The van der Waals surface area contributed by atoms with Crippen LogP contribution in [-0.4, -0.2) is 43.4 Å². The molecule has 0 saturated heterocycles. The lowest BCUT2D eigenvalue weighted by Crippen LogP contribution is -2.20. The molecule has 0 saturated carbocycles. The van der Waals surface area contributed by atoms with E-state index < -0.39 is 17.2 Å². The zero-order valence-corrected chi connectivity index (χ0v) is 11.2. The number of hydrogen-bond acceptors (Lipinski definition) is 8. The first-order chi connectivity index (χ1) is 9.60. The molecule has 9 heteroatoms. The van der Waals surface area contributed by atoms with Gasteiger partial charge in [-0.1, -0.05) is 0 Å². The van der Waals surface area contributed by atoms with Crippen LogP contribution in [0.2, 0.25) is 0 Å². The highest BCUT2D eigenvalue weighted by atomic mass is 16.9. The molecular weight excluding hydrogens is 272 g/mol. The first kappa shape index (κ1) is 18.1. The first-order valence-corrected chi connectivity index (χ1v) is 6.32. The quantitative estimate of drug-likeness (QED) is 0.167. The molecule has 20 heavy (non-hydrogen) atoms. The molecule has 0 aromatic rings. The van der Waals surface area contributed by atoms with E-state index in [1.807, 2.05) is 0 Å². The van der Waals surface area contributed by atoms with Crippen LogP contribution in [0.5, 0.6) is 0 Å². The standard InChI is InChI=1S/C11H20N2O7/c12-5-2-1-4-10(19-9-14)8-11(15)18-6-3-7-20-13(16)17/h9-10H,1-8,12H2. The Morgan fingerprint density at radius 1 is 1.30 bits per heavy atom. The molecule has 0 bridgehead atoms. The lowest BCUT2D eigenvalue weighted by Gasteiger charge is -2.14. The third-order valence-corrected chi connectivity index (χ3v) is 2.37. The fraction of sp³-hybridized carbons (Fsp3) is 0.818. The van der Waals surface area contributed by atoms with Gasteiger partial charge < -0.3 is 20.0 Å². The monoisotopic (exact) mass is 292 g/mol. The average Bonchev–Trinajstić information content (AvgIpc) is 2.38. The zero-order chi connectivity index (χ0) is 15.2. The topological polar surface area (TPSA) is 131 Å². The van der Waals surface area contributed by atoms with Crippen molar-refractivity contribution in [2.45, 2.75) is 38.2 Å². The highest BCUT2D eigenvalue weighted by molar-refractivity contribution is 5.70. The van der Waals surface area contributed by atoms with Crippen molar-refractivity contribution >= 4 is 12.4 Å². The van der Waals surface area contributed by atoms with Crippen LogP contribution in [0.15, 0.2) is 0 Å². The van der Waals surface area contributed by atoms with E-state index in [9.17, 15) is 19.7 Å². The molecule has 0 amide bonds. The van der Waals surface area contributed by atoms with Gasteiger partial charge in [-0.2, -0.15) is 0 Å². The minimum Gasteiger partial charge on any atom is -0.466 e. The van der Waals surface area contributed by atoms with E-state index in [-0.39, 0.29) is 26.1 Å². The highest BCUT2D eigenvalue weighted by Gasteiger charge is 2.15. The van der Waals surface area contributed by atoms with E-state index >= 15 is 0 Å². The third-order valence-electron chi connectivity index (χ3n) is 2.37. The number of unbranched alkanes of at least 4 members (excludes halogenated alkanes) is 1. The molecule has 0 heterocycles. The van der Waals surface area contributed by atoms with Gasteiger partial charge in [0.05, 0.1) is 19.6 Å². The summed E-state index contributed by atoms with van der Waals surface area (Å²) in [7, 11) is 0. The molecule has 1 atom stereocenters. The van der Waals surface area contributed by atoms with Crippen molar-refractivity contribution in [2.75, 3.05) is 19.8 Å². The number of carbonyl (C=O) groups excluding carboxylic acids is 2. The maximum absolute atomic E-state index is 11.4. The van der Waals surface area contributed by atoms with Crippen molar-refractivity contribution in [1.82, 2.24) is 0 Å². The molecule has 0 aromatic heterocycles. The molecule has 2 N–H and O–H groups in total. The van der Waals surface area contributed by atoms with Gasteiger partial charge in [-0.05, 0) is 25.8 Å². The maximum atomic E-state index is 11.4. The van der Waals surface area contributed by atoms with Crippen molar-refractivity contribution in [3.63, 3.8) is 0 Å². The second-order valence-electron chi connectivity index (χ2n) is 3.97. The van der Waals surface area contributed by atoms with Crippen LogP contribution >= 0.6 is 0 Å². The van der Waals surface area contributed by atoms with Gasteiger partial charge in [0.15, 0.2) is 0 Å². The van der Waals surface area contributed by atoms with Gasteiger partial charge in [0.2, 0.25) is 0 Å². The van der Waals surface area contributed by atoms with Crippen LogP contribution in [-0.2, 0) is 23.9 Å². The van der Waals surface area contributed by atoms with Crippen molar-refractivity contribution in [3.8, 4) is 0 Å². The Morgan fingerprint density at radius 3 is 2.65 bits per heavy atom. The number of esters is 1. The molecule has 116 valence electrons. The summed E-state index contributed by atoms with van der Waals surface area (Å²) in [5.41, 5.74) is 5.34. The van der Waals surface area contributed by atoms with E-state index in [1.54, 1.807) is 0 Å². The lowest BCUT2D eigenvalue weighted by atomic mass is 10.1. The summed E-state index contributed by atoms with van der Waals surface area (Å²) in [6.45, 7) is 0.717. The molecule has 0 aliphatic rings.